The first kappa shape index (κ1) is 41.9. The molecule has 0 aliphatic heterocycles. The Hall–Kier alpha value is -5.09. The normalized spacial score (nSPS) is 9.02. The van der Waals surface area contributed by atoms with Crippen LogP contribution in [0.3, 0.4) is 0 Å². The fourth-order valence-electron chi connectivity index (χ4n) is 3.28. The number of hydrogen-bond acceptors (Lipinski definition) is 8. The van der Waals surface area contributed by atoms with Crippen LogP contribution >= 0.6 is 39.1 Å². The van der Waals surface area contributed by atoms with Gasteiger partial charge >= 0.3 is 0 Å². The zero-order valence-electron chi connectivity index (χ0n) is 26.8. The van der Waals surface area contributed by atoms with Crippen LogP contribution in [0, 0.1) is 0 Å². The average Bonchev–Trinajstić information content (AvgIpc) is 3.16. The van der Waals surface area contributed by atoms with Crippen LogP contribution in [0.4, 0.5) is 0 Å². The Morgan fingerprint density at radius 2 is 1.02 bits per heavy atom. The molecule has 0 saturated carbocycles. The lowest BCUT2D eigenvalue weighted by Crippen LogP contribution is -1.91. The minimum absolute atomic E-state index is 0.507. The Bertz CT molecular complexity index is 1690. The Morgan fingerprint density at radius 1 is 0.490 bits per heavy atom. The second kappa shape index (κ2) is 25.0. The fourth-order valence-corrected chi connectivity index (χ4v) is 3.85. The van der Waals surface area contributed by atoms with Crippen LogP contribution in [0.5, 0.6) is 17.2 Å². The number of hydrogen-bond donors (Lipinski definition) is 0. The predicted octanol–water partition coefficient (Wildman–Crippen LogP) is 9.59. The second-order valence-corrected chi connectivity index (χ2v) is 10.9. The maximum atomic E-state index is 10.5. The molecule has 5 rings (SSSR count). The third-order valence-electron chi connectivity index (χ3n) is 5.84. The van der Waals surface area contributed by atoms with E-state index in [1.807, 2.05) is 12.1 Å². The molecule has 0 atom stereocenters. The molecule has 8 nitrogen and oxygen atoms in total. The van der Waals surface area contributed by atoms with Gasteiger partial charge in [-0.05, 0) is 54.6 Å². The smallest absolute Gasteiger partial charge is 0.153 e. The van der Waals surface area contributed by atoms with E-state index in [0.29, 0.717) is 55.1 Å². The van der Waals surface area contributed by atoms with Crippen LogP contribution in [0.15, 0.2) is 120 Å². The summed E-state index contributed by atoms with van der Waals surface area (Å²) in [6.45, 7) is 0. The average molecular weight is 768 g/mol. The van der Waals surface area contributed by atoms with Crippen LogP contribution < -0.4 is 14.2 Å². The molecule has 0 saturated heterocycles. The highest BCUT2D eigenvalue weighted by molar-refractivity contribution is 9.10. The Balaban J connectivity index is 0.000000308. The molecule has 254 valence electrons. The Kier molecular flexibility index (Phi) is 21.4. The van der Waals surface area contributed by atoms with Gasteiger partial charge in [-0.3, -0.25) is 24.0 Å². The van der Waals surface area contributed by atoms with Crippen LogP contribution in [0.25, 0.3) is 0 Å². The lowest BCUT2D eigenvalue weighted by molar-refractivity contribution is 0.111. The van der Waals surface area contributed by atoms with E-state index in [9.17, 15) is 24.0 Å². The highest BCUT2D eigenvalue weighted by Crippen LogP contribution is 2.22. The van der Waals surface area contributed by atoms with Gasteiger partial charge in [0.15, 0.2) is 12.6 Å². The summed E-state index contributed by atoms with van der Waals surface area (Å²) >= 11 is 14.4. The zero-order valence-corrected chi connectivity index (χ0v) is 29.9. The molecule has 11 heteroatoms. The quantitative estimate of drug-likeness (QED) is 0.144. The minimum atomic E-state index is 0.507. The molecule has 0 radical (unpaired) electrons. The van der Waals surface area contributed by atoms with E-state index in [-0.39, 0.29) is 0 Å². The number of carbonyl (C=O) groups is 5. The minimum Gasteiger partial charge on any atom is -0.497 e. The van der Waals surface area contributed by atoms with Crippen LogP contribution in [0.1, 0.15) is 51.8 Å². The van der Waals surface area contributed by atoms with E-state index in [1.165, 1.54) is 7.11 Å². The number of carbonyl (C=O) groups excluding carboxylic acids is 5. The summed E-state index contributed by atoms with van der Waals surface area (Å²) in [5.74, 6) is 1.92. The second-order valence-electron chi connectivity index (χ2n) is 9.10. The number of halogens is 3. The number of ether oxygens (including phenoxy) is 3. The van der Waals surface area contributed by atoms with Gasteiger partial charge < -0.3 is 14.2 Å². The maximum absolute atomic E-state index is 10.5. The maximum Gasteiger partial charge on any atom is 0.153 e. The number of aldehydes is 5. The van der Waals surface area contributed by atoms with Gasteiger partial charge in [0.25, 0.3) is 0 Å². The summed E-state index contributed by atoms with van der Waals surface area (Å²) in [5, 5.41) is 1.16. The van der Waals surface area contributed by atoms with Gasteiger partial charge in [-0.1, -0.05) is 93.7 Å². The molecular weight excluding hydrogens is 735 g/mol. The van der Waals surface area contributed by atoms with Crippen LogP contribution in [-0.4, -0.2) is 52.8 Å². The van der Waals surface area contributed by atoms with Crippen molar-refractivity contribution in [3.8, 4) is 17.2 Å². The molecule has 0 spiro atoms. The molecule has 0 fully saturated rings. The predicted molar refractivity (Wildman–Crippen MR) is 197 cm³/mol. The molecular formula is C38H33BrCl2O8. The zero-order chi connectivity index (χ0) is 36.4. The van der Waals surface area contributed by atoms with Gasteiger partial charge in [0.05, 0.1) is 31.9 Å². The van der Waals surface area contributed by atoms with E-state index < -0.39 is 0 Å². The Morgan fingerprint density at radius 3 is 1.49 bits per heavy atom. The van der Waals surface area contributed by atoms with Crippen molar-refractivity contribution in [3.63, 3.8) is 0 Å². The number of methoxy groups -OCH3 is 3. The van der Waals surface area contributed by atoms with Gasteiger partial charge in [-0.2, -0.15) is 0 Å². The molecule has 0 bridgehead atoms. The summed E-state index contributed by atoms with van der Waals surface area (Å²) in [6.07, 6.45) is 3.89. The van der Waals surface area contributed by atoms with E-state index in [0.717, 1.165) is 35.9 Å². The SMILES string of the molecule is COc1ccc(C=O)c(OC)c1.COc1cccc(C=O)c1.O=Cc1ccc(Br)cc1.O=Cc1ccc(Cl)cc1.O=Cc1ccccc1Cl. The summed E-state index contributed by atoms with van der Waals surface area (Å²) in [4.78, 5) is 51.0. The van der Waals surface area contributed by atoms with E-state index in [2.05, 4.69) is 15.9 Å². The largest absolute Gasteiger partial charge is 0.497 e. The molecule has 0 aliphatic rings. The number of benzene rings is 5. The molecule has 5 aromatic rings. The lowest BCUT2D eigenvalue weighted by Gasteiger charge is -2.05. The summed E-state index contributed by atoms with van der Waals surface area (Å²) in [6, 6.07) is 32.9. The van der Waals surface area contributed by atoms with Crippen LogP contribution in [0.2, 0.25) is 10.0 Å². The Labute approximate surface area is 303 Å². The third-order valence-corrected chi connectivity index (χ3v) is 6.97. The lowest BCUT2D eigenvalue weighted by atomic mass is 10.2. The highest BCUT2D eigenvalue weighted by Gasteiger charge is 2.02. The molecule has 0 unspecified atom stereocenters. The van der Waals surface area contributed by atoms with Crippen molar-refractivity contribution >= 4 is 70.6 Å². The van der Waals surface area contributed by atoms with Crippen molar-refractivity contribution < 1.29 is 38.2 Å². The van der Waals surface area contributed by atoms with Crippen LogP contribution in [-0.2, 0) is 0 Å². The van der Waals surface area contributed by atoms with E-state index >= 15 is 0 Å². The molecule has 0 heterocycles. The molecule has 49 heavy (non-hydrogen) atoms. The molecule has 5 aromatic carbocycles. The van der Waals surface area contributed by atoms with Crippen molar-refractivity contribution in [1.82, 2.24) is 0 Å². The van der Waals surface area contributed by atoms with Gasteiger partial charge in [0.2, 0.25) is 0 Å². The first-order valence-corrected chi connectivity index (χ1v) is 15.6. The van der Waals surface area contributed by atoms with Crippen molar-refractivity contribution in [3.05, 3.63) is 158 Å². The van der Waals surface area contributed by atoms with E-state index in [4.69, 9.17) is 37.4 Å². The standard InChI is InChI=1S/C9H10O3.C8H8O2.C7H5BrO.2C7H5ClO/c1-11-8-4-3-7(6-10)9(5-8)12-2;1-10-8-4-2-3-7(5-8)6-9;2*8-7-3-1-6(5-9)2-4-7;8-7-4-2-1-3-6(7)5-9/h3-6H,1-2H3;2-6H,1H3;3*1-5H. The first-order chi connectivity index (χ1) is 23.7. The molecule has 0 amide bonds. The van der Waals surface area contributed by atoms with Crippen molar-refractivity contribution in [2.75, 3.05) is 21.3 Å². The number of rotatable bonds is 8. The van der Waals surface area contributed by atoms with Gasteiger partial charge in [-0.15, -0.1) is 0 Å². The molecule has 0 aromatic heterocycles. The van der Waals surface area contributed by atoms with Crippen molar-refractivity contribution in [2.45, 2.75) is 0 Å². The summed E-state index contributed by atoms with van der Waals surface area (Å²) in [5.41, 5.74) is 3.06. The van der Waals surface area contributed by atoms with E-state index in [1.54, 1.807) is 117 Å². The summed E-state index contributed by atoms with van der Waals surface area (Å²) in [7, 11) is 4.65. The fraction of sp³-hybridized carbons (Fsp3) is 0.0789. The van der Waals surface area contributed by atoms with Gasteiger partial charge in [0, 0.05) is 37.8 Å². The van der Waals surface area contributed by atoms with Crippen molar-refractivity contribution in [1.29, 1.82) is 0 Å². The first-order valence-electron chi connectivity index (χ1n) is 14.1. The molecule has 0 aliphatic carbocycles. The monoisotopic (exact) mass is 766 g/mol. The topological polar surface area (TPSA) is 113 Å². The summed E-state index contributed by atoms with van der Waals surface area (Å²) < 4.78 is 15.8. The highest BCUT2D eigenvalue weighted by atomic mass is 79.9. The van der Waals surface area contributed by atoms with Crippen molar-refractivity contribution in [2.24, 2.45) is 0 Å². The van der Waals surface area contributed by atoms with Gasteiger partial charge in [-0.25, -0.2) is 0 Å². The molecule has 0 N–H and O–H groups in total. The third kappa shape index (κ3) is 17.0. The van der Waals surface area contributed by atoms with Gasteiger partial charge in [0.1, 0.15) is 36.1 Å².